The van der Waals surface area contributed by atoms with Crippen molar-refractivity contribution in [2.75, 3.05) is 72.7 Å². The molecular weight excluding hydrogens is 923 g/mol. The van der Waals surface area contributed by atoms with Gasteiger partial charge in [-0.15, -0.1) is 11.3 Å². The van der Waals surface area contributed by atoms with Gasteiger partial charge in [0.25, 0.3) is 11.8 Å². The lowest BCUT2D eigenvalue weighted by molar-refractivity contribution is -0.155. The van der Waals surface area contributed by atoms with E-state index in [1.807, 2.05) is 32.2 Å². The van der Waals surface area contributed by atoms with Crippen LogP contribution in [0.3, 0.4) is 0 Å². The summed E-state index contributed by atoms with van der Waals surface area (Å²) in [6.45, 7) is 14.7. The number of cyclic esters (lactones) is 1. The Labute approximate surface area is 419 Å². The number of hydrazine groups is 1. The van der Waals surface area contributed by atoms with Gasteiger partial charge in [0, 0.05) is 98.9 Å². The normalized spacial score (nSPS) is 23.9. The van der Waals surface area contributed by atoms with E-state index in [-0.39, 0.29) is 43.4 Å². The fraction of sp³-hybridized carbons (Fsp3) is 0.566. The molecule has 0 aliphatic carbocycles. The number of hydrogen-bond acceptors (Lipinski definition) is 13. The first-order valence-electron chi connectivity index (χ1n) is 25.0. The highest BCUT2D eigenvalue weighted by atomic mass is 32.1. The highest BCUT2D eigenvalue weighted by molar-refractivity contribution is 7.10. The number of amides is 4. The monoisotopic (exact) mass is 989 g/mol. The Kier molecular flexibility index (Phi) is 14.7. The Balaban J connectivity index is 1.000. The number of nitrogens with zero attached hydrogens (tertiary/aromatic N) is 7. The number of morpholine rings is 1. The molecule has 4 fully saturated rings. The number of fused-ring (bicyclic) bond motifs is 6. The van der Waals surface area contributed by atoms with E-state index < -0.39 is 46.7 Å². The van der Waals surface area contributed by atoms with Crippen LogP contribution in [-0.4, -0.2) is 155 Å². The molecule has 5 atom stereocenters. The van der Waals surface area contributed by atoms with Gasteiger partial charge in [0.05, 0.1) is 60.0 Å². The number of benzene rings is 1. The van der Waals surface area contributed by atoms with Gasteiger partial charge in [-0.3, -0.25) is 38.9 Å². The summed E-state index contributed by atoms with van der Waals surface area (Å²) in [7, 11) is 3.74. The molecule has 18 heteroatoms. The van der Waals surface area contributed by atoms with Crippen LogP contribution in [0.2, 0.25) is 0 Å². The number of pyridine rings is 1. The first kappa shape index (κ1) is 50.2. The van der Waals surface area contributed by atoms with Crippen LogP contribution in [-0.2, 0) is 58.1 Å². The fourth-order valence-electron chi connectivity index (χ4n) is 11.0. The fourth-order valence-corrected chi connectivity index (χ4v) is 11.9. The van der Waals surface area contributed by atoms with Crippen LogP contribution in [0, 0.1) is 28.6 Å². The van der Waals surface area contributed by atoms with E-state index in [4.69, 9.17) is 24.2 Å². The smallest absolute Gasteiger partial charge is 0.324 e. The number of carbonyl (C=O) groups is 5. The summed E-state index contributed by atoms with van der Waals surface area (Å²) >= 11 is 1.41. The van der Waals surface area contributed by atoms with Gasteiger partial charge in [-0.25, -0.2) is 10.4 Å². The first-order valence-corrected chi connectivity index (χ1v) is 25.9. The minimum atomic E-state index is -1.08. The third-order valence-electron chi connectivity index (χ3n) is 15.0. The average Bonchev–Trinajstić information content (AvgIpc) is 4.16. The molecule has 2 unspecified atom stereocenters. The predicted molar refractivity (Wildman–Crippen MR) is 268 cm³/mol. The van der Waals surface area contributed by atoms with Gasteiger partial charge in [0.15, 0.2) is 0 Å². The zero-order valence-corrected chi connectivity index (χ0v) is 42.9. The van der Waals surface area contributed by atoms with Crippen molar-refractivity contribution in [1.29, 1.82) is 0 Å². The molecule has 4 saturated heterocycles. The molecule has 4 amide bonds. The lowest BCUT2D eigenvalue weighted by Gasteiger charge is -2.36. The minimum Gasteiger partial charge on any atom is -0.464 e. The van der Waals surface area contributed by atoms with Crippen molar-refractivity contribution in [2.24, 2.45) is 23.8 Å². The zero-order valence-electron chi connectivity index (χ0n) is 42.0. The number of carbonyl (C=O) groups excluding carboxylic acids is 5. The van der Waals surface area contributed by atoms with Crippen molar-refractivity contribution in [3.8, 4) is 34.4 Å². The molecule has 0 radical (unpaired) electrons. The van der Waals surface area contributed by atoms with Gasteiger partial charge < -0.3 is 33.9 Å². The van der Waals surface area contributed by atoms with E-state index in [2.05, 4.69) is 77.2 Å². The minimum absolute atomic E-state index is 0.0769. The van der Waals surface area contributed by atoms with E-state index in [1.54, 1.807) is 23.1 Å². The predicted octanol–water partition coefficient (Wildman–Crippen LogP) is 4.53. The number of esters is 1. The van der Waals surface area contributed by atoms with Crippen molar-refractivity contribution >= 4 is 51.8 Å². The van der Waals surface area contributed by atoms with Crippen molar-refractivity contribution in [3.05, 3.63) is 58.2 Å². The highest BCUT2D eigenvalue weighted by Crippen LogP contribution is 2.43. The molecule has 4 aromatic rings. The Morgan fingerprint density at radius 1 is 1.06 bits per heavy atom. The second-order valence-electron chi connectivity index (χ2n) is 21.0. The lowest BCUT2D eigenvalue weighted by Crippen LogP contribution is -2.62. The first-order chi connectivity index (χ1) is 34.1. The number of nitrogens with one attached hydrogen (secondary N) is 2. The second-order valence-corrected chi connectivity index (χ2v) is 21.9. The Morgan fingerprint density at radius 3 is 2.62 bits per heavy atom. The molecule has 8 heterocycles. The summed E-state index contributed by atoms with van der Waals surface area (Å²) in [5.74, 6) is 3.70. The summed E-state index contributed by atoms with van der Waals surface area (Å²) in [6, 6.07) is 7.57. The van der Waals surface area contributed by atoms with Crippen LogP contribution < -0.4 is 10.7 Å². The van der Waals surface area contributed by atoms with E-state index in [9.17, 15) is 24.0 Å². The van der Waals surface area contributed by atoms with Crippen molar-refractivity contribution in [2.45, 2.75) is 97.4 Å². The summed E-state index contributed by atoms with van der Waals surface area (Å²) in [5, 5.41) is 8.16. The standard InChI is InChI=1S/C53H67N9O8S/c1-33(2)46(61-22-17-53(51(61)67)16-21-60(31-53)44(63)13-10-19-59-23-25-69-26-24-59)48(64)56-40-28-43-55-41(30-71-43)35-14-15-42-37(27-35)38(47(58(42)6)36-11-8-18-54-45(36)34(3)68-7)29-52(4,5)32-70-50(66)39-12-9-20-62(57-39)49(40)65/h8,11,14-15,18,27,30,33-34,39-40,46,57H,9,12,16-17,19-26,28-29,31-32H2,1-7H3,(H,56,64)/t34-,39-,40-,46?,53?/m0/s1. The van der Waals surface area contributed by atoms with E-state index in [0.29, 0.717) is 76.5 Å². The third kappa shape index (κ3) is 10.3. The number of aryl methyl sites for hydroxylation is 1. The highest BCUT2D eigenvalue weighted by Gasteiger charge is 2.54. The molecule has 9 rings (SSSR count). The van der Waals surface area contributed by atoms with Crippen LogP contribution in [0.5, 0.6) is 0 Å². The Morgan fingerprint density at radius 2 is 1.85 bits per heavy atom. The Bertz CT molecular complexity index is 2750. The van der Waals surface area contributed by atoms with Crippen LogP contribution in [0.25, 0.3) is 33.4 Å². The molecule has 17 nitrogen and oxygen atoms in total. The molecular formula is C53H67N9O8S. The SMILES string of the molecule is CO[C@@H](C)c1ncccc1-c1c2c3cc(ccc3n1C)-c1csc(n1)C[C@H](NC(=O)C(C(C)C)N1CCC3(CCN(C(=O)C#CCN4CCOCC4)C3)C1=O)C(=O)N1CCC[C@H](N1)C(=O)OCC(C)(C)C2. The maximum atomic E-state index is 14.8. The van der Waals surface area contributed by atoms with Crippen molar-refractivity contribution in [3.63, 3.8) is 0 Å². The van der Waals surface area contributed by atoms with Crippen LogP contribution in [0.1, 0.15) is 82.7 Å². The van der Waals surface area contributed by atoms with Crippen molar-refractivity contribution in [1.82, 2.24) is 45.0 Å². The number of rotatable bonds is 8. The maximum absolute atomic E-state index is 14.8. The van der Waals surface area contributed by atoms with Crippen molar-refractivity contribution < 1.29 is 38.2 Å². The van der Waals surface area contributed by atoms with Gasteiger partial charge in [-0.05, 0) is 80.7 Å². The van der Waals surface area contributed by atoms with Gasteiger partial charge in [0.1, 0.15) is 18.1 Å². The maximum Gasteiger partial charge on any atom is 0.324 e. The average molecular weight is 990 g/mol. The molecule has 378 valence electrons. The summed E-state index contributed by atoms with van der Waals surface area (Å²) in [5.41, 5.74) is 8.34. The topological polar surface area (TPSA) is 181 Å². The zero-order chi connectivity index (χ0) is 50.2. The molecule has 6 bridgehead atoms. The van der Waals surface area contributed by atoms with Crippen LogP contribution in [0.15, 0.2) is 41.9 Å². The molecule has 5 aliphatic rings. The molecule has 1 spiro atoms. The van der Waals surface area contributed by atoms with E-state index in [1.165, 1.54) is 16.3 Å². The molecule has 5 aliphatic heterocycles. The molecule has 71 heavy (non-hydrogen) atoms. The summed E-state index contributed by atoms with van der Waals surface area (Å²) < 4.78 is 19.5. The van der Waals surface area contributed by atoms with Gasteiger partial charge in [-0.2, -0.15) is 0 Å². The van der Waals surface area contributed by atoms with Gasteiger partial charge in [0.2, 0.25) is 11.8 Å². The molecule has 3 aromatic heterocycles. The number of ether oxygens (including phenoxy) is 3. The lowest BCUT2D eigenvalue weighted by atomic mass is 9.84. The third-order valence-corrected chi connectivity index (χ3v) is 15.9. The number of aromatic nitrogens is 3. The number of hydrogen-bond donors (Lipinski definition) is 2. The van der Waals surface area contributed by atoms with Gasteiger partial charge >= 0.3 is 5.97 Å². The van der Waals surface area contributed by atoms with E-state index in [0.717, 1.165) is 57.8 Å². The summed E-state index contributed by atoms with van der Waals surface area (Å²) in [4.78, 5) is 86.5. The Hall–Kier alpha value is -5.71. The number of methoxy groups -OCH3 is 1. The van der Waals surface area contributed by atoms with Crippen LogP contribution in [0.4, 0.5) is 0 Å². The van der Waals surface area contributed by atoms with Crippen LogP contribution >= 0.6 is 11.3 Å². The number of thiazole rings is 1. The van der Waals surface area contributed by atoms with E-state index >= 15 is 0 Å². The largest absolute Gasteiger partial charge is 0.464 e. The molecule has 0 saturated carbocycles. The summed E-state index contributed by atoms with van der Waals surface area (Å²) in [6.07, 6.45) is 4.15. The molecule has 1 aromatic carbocycles. The van der Waals surface area contributed by atoms with Gasteiger partial charge in [-0.1, -0.05) is 39.7 Å². The quantitative estimate of drug-likeness (QED) is 0.186. The molecule has 2 N–H and O–H groups in total. The second kappa shape index (κ2) is 20.8. The number of likely N-dealkylation sites (tertiary alicyclic amines) is 2.